The molecule has 0 aliphatic rings. The molecule has 0 aliphatic carbocycles. The number of aryl methyl sites for hydroxylation is 1. The Kier molecular flexibility index (Phi) is 5.02. The lowest BCUT2D eigenvalue weighted by Gasteiger charge is -2.05. The molecule has 18 heavy (non-hydrogen) atoms. The molecule has 0 fully saturated rings. The smallest absolute Gasteiger partial charge is 0.119 e. The van der Waals surface area contributed by atoms with E-state index in [0.717, 1.165) is 29.3 Å². The maximum Gasteiger partial charge on any atom is 0.119 e. The van der Waals surface area contributed by atoms with Crippen molar-refractivity contribution in [2.45, 2.75) is 25.6 Å². The van der Waals surface area contributed by atoms with Crippen LogP contribution in [0.4, 0.5) is 0 Å². The van der Waals surface area contributed by atoms with Crippen LogP contribution in [0.15, 0.2) is 29.6 Å². The summed E-state index contributed by atoms with van der Waals surface area (Å²) >= 11 is 7.35. The van der Waals surface area contributed by atoms with Crippen LogP contribution in [-0.2, 0) is 18.7 Å². The lowest BCUT2D eigenvalue weighted by atomic mass is 10.2. The number of hydrogen-bond donors (Lipinski definition) is 0. The molecule has 2 rings (SSSR count). The number of nitrogens with zero attached hydrogens (tertiary/aromatic N) is 1. The van der Waals surface area contributed by atoms with Gasteiger partial charge in [0.15, 0.2) is 0 Å². The number of benzene rings is 1. The van der Waals surface area contributed by atoms with Crippen molar-refractivity contribution in [1.82, 2.24) is 4.98 Å². The van der Waals surface area contributed by atoms with Gasteiger partial charge < -0.3 is 4.74 Å². The number of thiazole rings is 1. The molecule has 2 aromatic rings. The first-order valence-electron chi connectivity index (χ1n) is 6.02. The van der Waals surface area contributed by atoms with Crippen molar-refractivity contribution in [3.8, 4) is 5.75 Å². The summed E-state index contributed by atoms with van der Waals surface area (Å²) in [5, 5.41) is 3.08. The molecule has 96 valence electrons. The van der Waals surface area contributed by atoms with E-state index in [0.29, 0.717) is 12.5 Å². The zero-order valence-corrected chi connectivity index (χ0v) is 11.9. The van der Waals surface area contributed by atoms with Crippen LogP contribution < -0.4 is 4.74 Å². The second-order valence-corrected chi connectivity index (χ2v) is 5.17. The van der Waals surface area contributed by atoms with Crippen LogP contribution in [0.1, 0.15) is 23.2 Å². The van der Waals surface area contributed by atoms with Gasteiger partial charge in [-0.2, -0.15) is 0 Å². The second-order valence-electron chi connectivity index (χ2n) is 3.96. The molecular formula is C14H16ClNOS. The van der Waals surface area contributed by atoms with E-state index in [-0.39, 0.29) is 0 Å². The van der Waals surface area contributed by atoms with Crippen LogP contribution in [0.3, 0.4) is 0 Å². The first-order chi connectivity index (χ1) is 8.81. The number of rotatable bonds is 6. The van der Waals surface area contributed by atoms with E-state index in [1.165, 1.54) is 5.56 Å². The number of halogens is 1. The van der Waals surface area contributed by atoms with Gasteiger partial charge in [-0.15, -0.1) is 22.9 Å². The highest BCUT2D eigenvalue weighted by Gasteiger charge is 2.01. The molecule has 4 heteroatoms. The lowest BCUT2D eigenvalue weighted by molar-refractivity contribution is 0.321. The van der Waals surface area contributed by atoms with Crippen LogP contribution in [-0.4, -0.2) is 11.6 Å². The van der Waals surface area contributed by atoms with Gasteiger partial charge in [-0.3, -0.25) is 0 Å². The van der Waals surface area contributed by atoms with E-state index in [2.05, 4.69) is 24.0 Å². The minimum absolute atomic E-state index is 0.482. The molecule has 1 heterocycles. The first kappa shape index (κ1) is 13.4. The Morgan fingerprint density at radius 3 is 2.67 bits per heavy atom. The molecular weight excluding hydrogens is 266 g/mol. The number of hydrogen-bond acceptors (Lipinski definition) is 3. The fourth-order valence-electron chi connectivity index (χ4n) is 1.60. The number of aromatic nitrogens is 1. The van der Waals surface area contributed by atoms with Crippen molar-refractivity contribution in [2.75, 3.05) is 6.61 Å². The van der Waals surface area contributed by atoms with Gasteiger partial charge in [0, 0.05) is 11.8 Å². The summed E-state index contributed by atoms with van der Waals surface area (Å²) in [7, 11) is 0. The third kappa shape index (κ3) is 3.72. The van der Waals surface area contributed by atoms with Crippen LogP contribution in [0.2, 0.25) is 0 Å². The van der Waals surface area contributed by atoms with Crippen molar-refractivity contribution in [2.24, 2.45) is 0 Å². The molecule has 0 atom stereocenters. The highest BCUT2D eigenvalue weighted by Crippen LogP contribution is 2.15. The minimum atomic E-state index is 0.482. The molecule has 1 aromatic carbocycles. The van der Waals surface area contributed by atoms with Crippen LogP contribution in [0.5, 0.6) is 5.75 Å². The Morgan fingerprint density at radius 2 is 2.06 bits per heavy atom. The Bertz CT molecular complexity index is 481. The van der Waals surface area contributed by atoms with E-state index >= 15 is 0 Å². The molecule has 0 saturated heterocycles. The van der Waals surface area contributed by atoms with Gasteiger partial charge in [-0.1, -0.05) is 19.1 Å². The predicted octanol–water partition coefficient (Wildman–Crippen LogP) is 4.07. The van der Waals surface area contributed by atoms with Gasteiger partial charge in [-0.25, -0.2) is 4.98 Å². The van der Waals surface area contributed by atoms with E-state index in [4.69, 9.17) is 16.3 Å². The quantitative estimate of drug-likeness (QED) is 0.745. The molecule has 0 saturated carbocycles. The predicted molar refractivity (Wildman–Crippen MR) is 76.7 cm³/mol. The second kappa shape index (κ2) is 6.76. The molecule has 0 radical (unpaired) electrons. The summed E-state index contributed by atoms with van der Waals surface area (Å²) < 4.78 is 5.69. The summed E-state index contributed by atoms with van der Waals surface area (Å²) in [6, 6.07) is 8.24. The maximum atomic E-state index is 5.71. The molecule has 0 bridgehead atoms. The zero-order chi connectivity index (χ0) is 12.8. The van der Waals surface area contributed by atoms with Gasteiger partial charge in [0.2, 0.25) is 0 Å². The molecule has 1 aromatic heterocycles. The van der Waals surface area contributed by atoms with Crippen LogP contribution in [0, 0.1) is 0 Å². The SMILES string of the molecule is CCc1ccc(OCCc2nc(CCl)cs2)cc1. The molecule has 0 amide bonds. The zero-order valence-electron chi connectivity index (χ0n) is 10.4. The highest BCUT2D eigenvalue weighted by molar-refractivity contribution is 7.09. The van der Waals surface area contributed by atoms with Crippen molar-refractivity contribution in [3.05, 3.63) is 45.9 Å². The Labute approximate surface area is 117 Å². The summed E-state index contributed by atoms with van der Waals surface area (Å²) in [5.41, 5.74) is 2.28. The standard InChI is InChI=1S/C14H16ClNOS/c1-2-11-3-5-13(6-4-11)17-8-7-14-16-12(9-15)10-18-14/h3-6,10H,2,7-9H2,1H3. The third-order valence-corrected chi connectivity index (χ3v) is 3.88. The van der Waals surface area contributed by atoms with Gasteiger partial charge >= 0.3 is 0 Å². The molecule has 0 unspecified atom stereocenters. The Balaban J connectivity index is 1.80. The molecule has 2 nitrogen and oxygen atoms in total. The monoisotopic (exact) mass is 281 g/mol. The fraction of sp³-hybridized carbons (Fsp3) is 0.357. The highest BCUT2D eigenvalue weighted by atomic mass is 35.5. The van der Waals surface area contributed by atoms with Crippen LogP contribution >= 0.6 is 22.9 Å². The largest absolute Gasteiger partial charge is 0.493 e. The lowest BCUT2D eigenvalue weighted by Crippen LogP contribution is -2.01. The average Bonchev–Trinajstić information content (AvgIpc) is 2.87. The maximum absolute atomic E-state index is 5.71. The Hall–Kier alpha value is -1.06. The summed E-state index contributed by atoms with van der Waals surface area (Å²) in [4.78, 5) is 4.39. The van der Waals surface area contributed by atoms with Gasteiger partial charge in [0.25, 0.3) is 0 Å². The number of ether oxygens (including phenoxy) is 1. The molecule has 0 spiro atoms. The minimum Gasteiger partial charge on any atom is -0.493 e. The van der Waals surface area contributed by atoms with E-state index in [1.54, 1.807) is 11.3 Å². The normalized spacial score (nSPS) is 10.6. The molecule has 0 aliphatic heterocycles. The van der Waals surface area contributed by atoms with E-state index in [1.807, 2.05) is 17.5 Å². The van der Waals surface area contributed by atoms with Gasteiger partial charge in [-0.05, 0) is 24.1 Å². The topological polar surface area (TPSA) is 22.1 Å². The van der Waals surface area contributed by atoms with E-state index in [9.17, 15) is 0 Å². The van der Waals surface area contributed by atoms with Crippen LogP contribution in [0.25, 0.3) is 0 Å². The summed E-state index contributed by atoms with van der Waals surface area (Å²) in [6.07, 6.45) is 1.89. The third-order valence-electron chi connectivity index (χ3n) is 2.65. The van der Waals surface area contributed by atoms with E-state index < -0.39 is 0 Å². The first-order valence-corrected chi connectivity index (χ1v) is 7.44. The van der Waals surface area contributed by atoms with Crippen molar-refractivity contribution in [3.63, 3.8) is 0 Å². The summed E-state index contributed by atoms with van der Waals surface area (Å²) in [5.74, 6) is 1.40. The van der Waals surface area contributed by atoms with Gasteiger partial charge in [0.1, 0.15) is 5.75 Å². The van der Waals surface area contributed by atoms with Crippen molar-refractivity contribution < 1.29 is 4.74 Å². The number of alkyl halides is 1. The fourth-order valence-corrected chi connectivity index (χ4v) is 2.61. The van der Waals surface area contributed by atoms with Gasteiger partial charge in [0.05, 0.1) is 23.2 Å². The van der Waals surface area contributed by atoms with Crippen molar-refractivity contribution >= 4 is 22.9 Å². The summed E-state index contributed by atoms with van der Waals surface area (Å²) in [6.45, 7) is 2.80. The Morgan fingerprint density at radius 1 is 1.28 bits per heavy atom. The average molecular weight is 282 g/mol. The van der Waals surface area contributed by atoms with Crippen molar-refractivity contribution in [1.29, 1.82) is 0 Å². The molecule has 0 N–H and O–H groups in total.